The monoisotopic (exact) mass is 360 g/mol. The lowest BCUT2D eigenvalue weighted by atomic mass is 9.91. The highest BCUT2D eigenvalue weighted by Gasteiger charge is 2.06. The minimum absolute atomic E-state index is 0.266. The molecule has 26 heavy (non-hydrogen) atoms. The first-order valence-corrected chi connectivity index (χ1v) is 9.59. The van der Waals surface area contributed by atoms with Crippen molar-refractivity contribution in [3.8, 4) is 12.3 Å². The molecule has 0 unspecified atom stereocenters. The summed E-state index contributed by atoms with van der Waals surface area (Å²) in [5.74, 6) is 2.49. The van der Waals surface area contributed by atoms with Crippen LogP contribution < -0.4 is 0 Å². The Hall–Kier alpha value is -1.56. The molecule has 0 saturated carbocycles. The highest BCUT2D eigenvalue weighted by molar-refractivity contribution is 5.26. The van der Waals surface area contributed by atoms with Crippen molar-refractivity contribution >= 4 is 0 Å². The standard InChI is InChI=1S/C12H20O.C6H10O.C6H10/c1-10-6-7-12(9-11(10)2)5-3-4-8-13;1-2-3-4-5-6-7;1-5(2)6(3)4/h7,13H,3-6,8-9H2,1-2H3;1,7H,3-6H2;1,3H2,2,4H3. The first-order valence-electron chi connectivity index (χ1n) is 9.59. The van der Waals surface area contributed by atoms with Crippen LogP contribution in [0.4, 0.5) is 0 Å². The largest absolute Gasteiger partial charge is 0.396 e. The fraction of sp³-hybridized carbons (Fsp3) is 0.583. The van der Waals surface area contributed by atoms with E-state index in [0.717, 1.165) is 56.1 Å². The molecule has 0 fully saturated rings. The maximum atomic E-state index is 8.66. The Morgan fingerprint density at radius 3 is 1.96 bits per heavy atom. The van der Waals surface area contributed by atoms with E-state index in [1.165, 1.54) is 12.0 Å². The van der Waals surface area contributed by atoms with Gasteiger partial charge in [-0.05, 0) is 72.6 Å². The molecule has 2 N–H and O–H groups in total. The highest BCUT2D eigenvalue weighted by atomic mass is 16.3. The number of rotatable bonds is 8. The van der Waals surface area contributed by atoms with Crippen LogP contribution >= 0.6 is 0 Å². The molecular weight excluding hydrogens is 320 g/mol. The summed E-state index contributed by atoms with van der Waals surface area (Å²) in [5.41, 5.74) is 6.77. The molecule has 0 heterocycles. The predicted molar refractivity (Wildman–Crippen MR) is 116 cm³/mol. The average molecular weight is 361 g/mol. The molecule has 0 atom stereocenters. The summed E-state index contributed by atoms with van der Waals surface area (Å²) in [6, 6.07) is 0. The van der Waals surface area contributed by atoms with E-state index < -0.39 is 0 Å². The van der Waals surface area contributed by atoms with Crippen molar-refractivity contribution in [2.75, 3.05) is 13.2 Å². The van der Waals surface area contributed by atoms with Crippen LogP contribution in [0.5, 0.6) is 0 Å². The Morgan fingerprint density at radius 1 is 1.00 bits per heavy atom. The number of aliphatic hydroxyl groups is 2. The van der Waals surface area contributed by atoms with Crippen LogP contribution in [0.25, 0.3) is 0 Å². The summed E-state index contributed by atoms with van der Waals surface area (Å²) in [7, 11) is 0. The van der Waals surface area contributed by atoms with Crippen molar-refractivity contribution < 1.29 is 10.2 Å². The summed E-state index contributed by atoms with van der Waals surface area (Å²) in [6.07, 6.45) is 15.4. The molecule has 0 saturated heterocycles. The summed E-state index contributed by atoms with van der Waals surface area (Å²) in [4.78, 5) is 0. The predicted octanol–water partition coefficient (Wildman–Crippen LogP) is 6.13. The molecule has 0 aromatic rings. The van der Waals surface area contributed by atoms with Gasteiger partial charge in [-0.1, -0.05) is 47.1 Å². The summed E-state index contributed by atoms with van der Waals surface area (Å²) in [6.45, 7) is 16.3. The molecule has 0 spiro atoms. The minimum Gasteiger partial charge on any atom is -0.396 e. The normalized spacial score (nSPS) is 12.7. The third-order valence-electron chi connectivity index (χ3n) is 4.28. The number of aliphatic hydroxyl groups excluding tert-OH is 2. The van der Waals surface area contributed by atoms with Gasteiger partial charge >= 0.3 is 0 Å². The second kappa shape index (κ2) is 18.2. The molecule has 1 aliphatic rings. The van der Waals surface area contributed by atoms with Crippen molar-refractivity contribution in [1.29, 1.82) is 0 Å². The third kappa shape index (κ3) is 17.3. The Labute approximate surface area is 162 Å². The van der Waals surface area contributed by atoms with Gasteiger partial charge in [0, 0.05) is 19.6 Å². The van der Waals surface area contributed by atoms with Crippen LogP contribution in [0.15, 0.2) is 47.1 Å². The van der Waals surface area contributed by atoms with Gasteiger partial charge in [0.15, 0.2) is 0 Å². The van der Waals surface area contributed by atoms with Crippen LogP contribution in [0.2, 0.25) is 0 Å². The number of hydrogen-bond acceptors (Lipinski definition) is 2. The van der Waals surface area contributed by atoms with Gasteiger partial charge in [-0.3, -0.25) is 0 Å². The number of terminal acetylenes is 1. The minimum atomic E-state index is 0.266. The van der Waals surface area contributed by atoms with Gasteiger partial charge in [-0.25, -0.2) is 0 Å². The van der Waals surface area contributed by atoms with Gasteiger partial charge < -0.3 is 10.2 Å². The summed E-state index contributed by atoms with van der Waals surface area (Å²) in [5, 5.41) is 16.9. The lowest BCUT2D eigenvalue weighted by Gasteiger charge is -2.15. The SMILES string of the molecule is C#CCCCCO.C=C(C)C(=C)C.CC1=C(C)CC(CCCCO)=CC1. The van der Waals surface area contributed by atoms with Gasteiger partial charge in [-0.15, -0.1) is 12.3 Å². The van der Waals surface area contributed by atoms with Crippen LogP contribution in [0, 0.1) is 12.3 Å². The molecular formula is C24H40O2. The molecule has 1 rings (SSSR count). The molecule has 2 nitrogen and oxygen atoms in total. The first-order chi connectivity index (χ1) is 12.3. The van der Waals surface area contributed by atoms with E-state index in [1.807, 2.05) is 13.8 Å². The Bertz CT molecular complexity index is 489. The van der Waals surface area contributed by atoms with Gasteiger partial charge in [-0.2, -0.15) is 0 Å². The van der Waals surface area contributed by atoms with E-state index >= 15 is 0 Å². The van der Waals surface area contributed by atoms with E-state index in [2.05, 4.69) is 39.0 Å². The van der Waals surface area contributed by atoms with Gasteiger partial charge in [0.25, 0.3) is 0 Å². The van der Waals surface area contributed by atoms with Crippen LogP contribution in [0.1, 0.15) is 79.1 Å². The van der Waals surface area contributed by atoms with Crippen molar-refractivity contribution in [2.24, 2.45) is 0 Å². The van der Waals surface area contributed by atoms with Crippen LogP contribution in [0.3, 0.4) is 0 Å². The van der Waals surface area contributed by atoms with Crippen LogP contribution in [-0.2, 0) is 0 Å². The molecule has 2 heteroatoms. The van der Waals surface area contributed by atoms with Crippen molar-refractivity contribution in [3.05, 3.63) is 47.1 Å². The maximum Gasteiger partial charge on any atom is 0.0431 e. The van der Waals surface area contributed by atoms with E-state index in [4.69, 9.17) is 16.6 Å². The van der Waals surface area contributed by atoms with E-state index in [-0.39, 0.29) is 6.61 Å². The lowest BCUT2D eigenvalue weighted by Crippen LogP contribution is -1.96. The molecule has 0 aromatic carbocycles. The summed E-state index contributed by atoms with van der Waals surface area (Å²) >= 11 is 0. The van der Waals surface area contributed by atoms with Gasteiger partial charge in [0.2, 0.25) is 0 Å². The molecule has 0 bridgehead atoms. The number of hydrogen-bond donors (Lipinski definition) is 2. The zero-order valence-corrected chi connectivity index (χ0v) is 17.5. The van der Waals surface area contributed by atoms with Gasteiger partial charge in [0.05, 0.1) is 0 Å². The zero-order valence-electron chi connectivity index (χ0n) is 17.5. The fourth-order valence-corrected chi connectivity index (χ4v) is 2.03. The fourth-order valence-electron chi connectivity index (χ4n) is 2.03. The molecule has 1 aliphatic carbocycles. The van der Waals surface area contributed by atoms with Crippen molar-refractivity contribution in [2.45, 2.75) is 79.1 Å². The van der Waals surface area contributed by atoms with Crippen LogP contribution in [-0.4, -0.2) is 23.4 Å². The smallest absolute Gasteiger partial charge is 0.0431 e. The van der Waals surface area contributed by atoms with E-state index in [9.17, 15) is 0 Å². The topological polar surface area (TPSA) is 40.5 Å². The Morgan fingerprint density at radius 2 is 1.54 bits per heavy atom. The third-order valence-corrected chi connectivity index (χ3v) is 4.28. The Kier molecular flexibility index (Phi) is 18.7. The van der Waals surface area contributed by atoms with Crippen molar-refractivity contribution in [1.82, 2.24) is 0 Å². The zero-order chi connectivity index (χ0) is 20.4. The van der Waals surface area contributed by atoms with E-state index in [0.29, 0.717) is 6.61 Å². The average Bonchev–Trinajstić information content (AvgIpc) is 2.60. The second-order valence-electron chi connectivity index (χ2n) is 6.93. The van der Waals surface area contributed by atoms with E-state index in [1.54, 1.807) is 11.1 Å². The second-order valence-corrected chi connectivity index (χ2v) is 6.93. The Balaban J connectivity index is 0. The quantitative estimate of drug-likeness (QED) is 0.237. The van der Waals surface area contributed by atoms with Gasteiger partial charge in [0.1, 0.15) is 0 Å². The number of allylic oxidation sites excluding steroid dienone is 6. The molecule has 0 amide bonds. The first kappa shape index (κ1) is 26.7. The maximum absolute atomic E-state index is 8.66. The van der Waals surface area contributed by atoms with Crippen molar-refractivity contribution in [3.63, 3.8) is 0 Å². The highest BCUT2D eigenvalue weighted by Crippen LogP contribution is 2.26. The molecule has 0 radical (unpaired) electrons. The lowest BCUT2D eigenvalue weighted by molar-refractivity contribution is 0.284. The molecule has 0 aliphatic heterocycles. The number of unbranched alkanes of at least 4 members (excludes halogenated alkanes) is 3. The summed E-state index contributed by atoms with van der Waals surface area (Å²) < 4.78 is 0. The molecule has 148 valence electrons. The molecule has 0 aromatic heterocycles.